The highest BCUT2D eigenvalue weighted by Crippen LogP contribution is 2.46. The molecule has 2 aliphatic heterocycles. The summed E-state index contributed by atoms with van der Waals surface area (Å²) in [5.41, 5.74) is 2.64. The van der Waals surface area contributed by atoms with Gasteiger partial charge >= 0.3 is 0 Å². The molecule has 2 aliphatic rings. The van der Waals surface area contributed by atoms with Gasteiger partial charge in [-0.2, -0.15) is 0 Å². The summed E-state index contributed by atoms with van der Waals surface area (Å²) in [4.78, 5) is 6.88. The summed E-state index contributed by atoms with van der Waals surface area (Å²) in [6.07, 6.45) is 5.28. The number of nitrogens with zero attached hydrogens (tertiary/aromatic N) is 2. The highest BCUT2D eigenvalue weighted by Gasteiger charge is 2.51. The van der Waals surface area contributed by atoms with Gasteiger partial charge in [-0.25, -0.2) is 0 Å². The maximum Gasteiger partial charge on any atom is 0.131 e. The third kappa shape index (κ3) is 5.37. The number of piperidine rings is 1. The van der Waals surface area contributed by atoms with E-state index in [2.05, 4.69) is 22.0 Å². The van der Waals surface area contributed by atoms with Gasteiger partial charge in [-0.3, -0.25) is 4.98 Å². The lowest BCUT2D eigenvalue weighted by Gasteiger charge is -2.51. The van der Waals surface area contributed by atoms with E-state index < -0.39 is 16.6 Å². The summed E-state index contributed by atoms with van der Waals surface area (Å²) in [5.74, 6) is 0.770. The van der Waals surface area contributed by atoms with Crippen molar-refractivity contribution in [1.29, 1.82) is 0 Å². The Kier molecular flexibility index (Phi) is 7.61. The largest absolute Gasteiger partial charge is 0.487 e. The smallest absolute Gasteiger partial charge is 0.131 e. The lowest BCUT2D eigenvalue weighted by Crippen LogP contribution is -2.58. The monoisotopic (exact) mass is 548 g/mol. The molecule has 1 saturated heterocycles. The fraction of sp³-hybridized carbons (Fsp3) is 0.406. The zero-order valence-corrected chi connectivity index (χ0v) is 23.6. The molecule has 0 radical (unpaired) electrons. The minimum Gasteiger partial charge on any atom is -0.487 e. The summed E-state index contributed by atoms with van der Waals surface area (Å²) in [6, 6.07) is 17.1. The maximum absolute atomic E-state index is 11.8. The quantitative estimate of drug-likeness (QED) is 0.389. The molecule has 1 fully saturated rings. The van der Waals surface area contributed by atoms with E-state index in [9.17, 15) is 15.3 Å². The predicted octanol–water partition coefficient (Wildman–Crippen LogP) is 5.27. The molecule has 0 aliphatic carbocycles. The molecule has 206 valence electrons. The van der Waals surface area contributed by atoms with Crippen molar-refractivity contribution in [3.8, 4) is 5.75 Å². The average molecular weight is 549 g/mol. The van der Waals surface area contributed by atoms with Gasteiger partial charge in [0.2, 0.25) is 0 Å². The Hall–Kier alpha value is -2.74. The fourth-order valence-corrected chi connectivity index (χ4v) is 5.99. The highest BCUT2D eigenvalue weighted by atomic mass is 35.5. The molecule has 2 aromatic carbocycles. The van der Waals surface area contributed by atoms with Crippen molar-refractivity contribution in [2.45, 2.75) is 51.4 Å². The van der Waals surface area contributed by atoms with E-state index >= 15 is 0 Å². The van der Waals surface area contributed by atoms with E-state index in [1.807, 2.05) is 43.3 Å². The molecule has 2 atom stereocenters. The van der Waals surface area contributed by atoms with Crippen molar-refractivity contribution in [3.05, 3.63) is 99.8 Å². The summed E-state index contributed by atoms with van der Waals surface area (Å²) in [7, 11) is 0. The molecular formula is C32H37ClN2O4. The Balaban J connectivity index is 1.41. The van der Waals surface area contributed by atoms with E-state index in [-0.39, 0.29) is 6.61 Å². The van der Waals surface area contributed by atoms with Crippen molar-refractivity contribution in [2.24, 2.45) is 5.41 Å². The average Bonchev–Trinajstić information content (AvgIpc) is 3.07. The summed E-state index contributed by atoms with van der Waals surface area (Å²) in [5, 5.41) is 33.5. The lowest BCUT2D eigenvalue weighted by molar-refractivity contribution is -0.152. The second-order valence-corrected chi connectivity index (χ2v) is 12.0. The second kappa shape index (κ2) is 10.7. The van der Waals surface area contributed by atoms with Crippen molar-refractivity contribution in [3.63, 3.8) is 0 Å². The minimum atomic E-state index is -1.14. The van der Waals surface area contributed by atoms with Crippen LogP contribution in [-0.4, -0.2) is 51.4 Å². The van der Waals surface area contributed by atoms with Gasteiger partial charge in [0.05, 0.1) is 23.5 Å². The van der Waals surface area contributed by atoms with Crippen LogP contribution in [0.4, 0.5) is 0 Å². The number of aromatic nitrogens is 1. The molecule has 39 heavy (non-hydrogen) atoms. The van der Waals surface area contributed by atoms with Gasteiger partial charge in [-0.05, 0) is 73.7 Å². The number of pyridine rings is 1. The third-order valence-electron chi connectivity index (χ3n) is 8.35. The van der Waals surface area contributed by atoms with Crippen LogP contribution in [0.15, 0.2) is 66.9 Å². The number of aliphatic hydroxyl groups is 3. The first-order valence-corrected chi connectivity index (χ1v) is 13.9. The van der Waals surface area contributed by atoms with Crippen LogP contribution < -0.4 is 4.74 Å². The summed E-state index contributed by atoms with van der Waals surface area (Å²) < 4.78 is 6.12. The lowest BCUT2D eigenvalue weighted by atomic mass is 9.65. The fourth-order valence-electron chi connectivity index (χ4n) is 5.86. The van der Waals surface area contributed by atoms with Crippen molar-refractivity contribution >= 4 is 17.2 Å². The van der Waals surface area contributed by atoms with Crippen LogP contribution in [0, 0.1) is 5.41 Å². The van der Waals surface area contributed by atoms with Crippen LogP contribution in [0.5, 0.6) is 5.75 Å². The van der Waals surface area contributed by atoms with Gasteiger partial charge in [0.25, 0.3) is 0 Å². The van der Waals surface area contributed by atoms with Crippen LogP contribution in [-0.2, 0) is 17.8 Å². The number of fused-ring (bicyclic) bond motifs is 2. The molecule has 6 nitrogen and oxygen atoms in total. The molecule has 0 amide bonds. The molecule has 2 unspecified atom stereocenters. The van der Waals surface area contributed by atoms with E-state index in [4.69, 9.17) is 16.3 Å². The van der Waals surface area contributed by atoms with Gasteiger partial charge < -0.3 is 25.0 Å². The molecule has 0 saturated carbocycles. The zero-order valence-electron chi connectivity index (χ0n) is 22.8. The van der Waals surface area contributed by atoms with Crippen LogP contribution >= 0.6 is 11.6 Å². The van der Waals surface area contributed by atoms with E-state index in [0.717, 1.165) is 52.2 Å². The second-order valence-electron chi connectivity index (χ2n) is 11.6. The first-order chi connectivity index (χ1) is 18.5. The Morgan fingerprint density at radius 1 is 1.13 bits per heavy atom. The van der Waals surface area contributed by atoms with Crippen molar-refractivity contribution < 1.29 is 20.1 Å². The number of ether oxygens (including phenoxy) is 1. The van der Waals surface area contributed by atoms with Gasteiger partial charge in [-0.1, -0.05) is 48.9 Å². The molecule has 1 aromatic heterocycles. The van der Waals surface area contributed by atoms with E-state index in [0.29, 0.717) is 31.1 Å². The van der Waals surface area contributed by atoms with Crippen molar-refractivity contribution in [2.75, 3.05) is 26.2 Å². The van der Waals surface area contributed by atoms with E-state index in [1.54, 1.807) is 32.2 Å². The molecule has 3 aromatic rings. The van der Waals surface area contributed by atoms with Crippen molar-refractivity contribution in [1.82, 2.24) is 9.88 Å². The maximum atomic E-state index is 11.8. The third-order valence-corrected chi connectivity index (χ3v) is 8.60. The standard InChI is InChI=1S/C32H37ClN2O4/c1-30(2,37)23-10-13-29-27(18-23)25(26-6-4-15-34-28(26)19-39-29)7-5-16-35-17-14-32(38,31(3,20-35)21-36)22-8-11-24(33)12-9-22/h4,6-13,15,18,36-38H,5,14,16-17,19-21H2,1-3H3/b25-7+. The Bertz CT molecular complexity index is 1370. The van der Waals surface area contributed by atoms with Gasteiger partial charge in [0.1, 0.15) is 12.4 Å². The van der Waals surface area contributed by atoms with Crippen LogP contribution in [0.1, 0.15) is 61.6 Å². The summed E-state index contributed by atoms with van der Waals surface area (Å²) >= 11 is 6.08. The minimum absolute atomic E-state index is 0.132. The van der Waals surface area contributed by atoms with Gasteiger partial charge in [0, 0.05) is 47.4 Å². The highest BCUT2D eigenvalue weighted by molar-refractivity contribution is 6.30. The number of aliphatic hydroxyl groups excluding tert-OH is 1. The Morgan fingerprint density at radius 3 is 2.62 bits per heavy atom. The molecular weight excluding hydrogens is 512 g/mol. The molecule has 5 rings (SSSR count). The number of benzene rings is 2. The van der Waals surface area contributed by atoms with Crippen LogP contribution in [0.25, 0.3) is 5.57 Å². The molecule has 0 bridgehead atoms. The number of rotatable bonds is 6. The zero-order chi connectivity index (χ0) is 27.8. The number of hydrogen-bond acceptors (Lipinski definition) is 6. The van der Waals surface area contributed by atoms with Crippen LogP contribution in [0.3, 0.4) is 0 Å². The summed E-state index contributed by atoms with van der Waals surface area (Å²) in [6.45, 7) is 7.80. The number of halogens is 1. The number of hydrogen-bond donors (Lipinski definition) is 3. The van der Waals surface area contributed by atoms with Crippen LogP contribution in [0.2, 0.25) is 5.02 Å². The SMILES string of the molecule is CC(C)(O)c1ccc2c(c1)/C(=C/CCN1CCC(O)(c3ccc(Cl)cc3)C(C)(CO)C1)c1cccnc1CO2. The molecule has 0 spiro atoms. The first-order valence-electron chi connectivity index (χ1n) is 13.5. The van der Waals surface area contributed by atoms with E-state index in [1.165, 1.54) is 0 Å². The van der Waals surface area contributed by atoms with Gasteiger partial charge in [-0.15, -0.1) is 0 Å². The molecule has 7 heteroatoms. The first kappa shape index (κ1) is 27.8. The molecule has 3 heterocycles. The normalized spacial score (nSPS) is 24.5. The Labute approximate surface area is 235 Å². The predicted molar refractivity (Wildman–Crippen MR) is 154 cm³/mol. The topological polar surface area (TPSA) is 86.1 Å². The Morgan fingerprint density at radius 2 is 1.90 bits per heavy atom. The molecule has 3 N–H and O–H groups in total. The number of likely N-dealkylation sites (tertiary alicyclic amines) is 1. The van der Waals surface area contributed by atoms with Gasteiger partial charge in [0.15, 0.2) is 0 Å².